The van der Waals surface area contributed by atoms with Gasteiger partial charge in [0.2, 0.25) is 0 Å². The van der Waals surface area contributed by atoms with Crippen LogP contribution in [0.25, 0.3) is 209 Å². The number of imidazole rings is 1. The zero-order valence-electron chi connectivity index (χ0n) is 73.3. The summed E-state index contributed by atoms with van der Waals surface area (Å²) in [6.07, 6.45) is 2.10. The fourth-order valence-corrected chi connectivity index (χ4v) is 17.9. The number of nitrogens with zero attached hydrogens (tertiary/aromatic N) is 10. The number of furan rings is 1. The third-order valence-corrected chi connectivity index (χ3v) is 24.6. The van der Waals surface area contributed by atoms with Gasteiger partial charge >= 0.3 is 179 Å². The molecular weight excluding hydrogens is 3200 g/mol. The summed E-state index contributed by atoms with van der Waals surface area (Å²) in [5, 5.41) is 7.30. The van der Waals surface area contributed by atoms with Gasteiger partial charge < -0.3 is 14.1 Å². The van der Waals surface area contributed by atoms with Crippen molar-refractivity contribution in [2.24, 2.45) is 0 Å². The topological polar surface area (TPSA) is 184 Å². The first-order valence-corrected chi connectivity index (χ1v) is 75.4. The van der Waals surface area contributed by atoms with Gasteiger partial charge in [-0.1, -0.05) is 236 Å². The zero-order chi connectivity index (χ0) is 97.1. The molecule has 13 heterocycles. The molecule has 1 N–H and O–H groups in total. The first kappa shape index (κ1) is 103. The van der Waals surface area contributed by atoms with E-state index in [9.17, 15) is 4.79 Å². The van der Waals surface area contributed by atoms with Crippen LogP contribution in [0.5, 0.6) is 0 Å². The van der Waals surface area contributed by atoms with Crippen molar-refractivity contribution in [3.63, 3.8) is 0 Å². The minimum absolute atomic E-state index is 0.250. The number of carbonyl (C=O) groups is 1. The Morgan fingerprint density at radius 2 is 0.821 bits per heavy atom. The molecule has 25 rings (SSSR count). The molecule has 11 aromatic carbocycles. The van der Waals surface area contributed by atoms with Gasteiger partial charge in [-0.15, -0.1) is 160 Å². The number of halogens is 5. The number of ether oxygens (including phenoxy) is 1. The molecular formula is C114H72BrI4N11O3Pt5S2. The minimum atomic E-state index is -0.476. The average Bonchev–Trinajstić information content (AvgIpc) is 1.10. The fourth-order valence-electron chi connectivity index (χ4n) is 15.9. The number of aromatic nitrogens is 11. The number of hydrogen-bond acceptors (Lipinski definition) is 15. The van der Waals surface area contributed by atoms with Crippen LogP contribution in [0.15, 0.2) is 393 Å². The zero-order valence-corrected chi connectivity index (χ0v) is 96.6. The van der Waals surface area contributed by atoms with E-state index in [4.69, 9.17) is 49.0 Å². The second kappa shape index (κ2) is 51.8. The number of thiophene rings is 2. The number of aryl methyl sites for hydroxylation is 2. The molecule has 14 nitrogen and oxygen atoms in total. The number of esters is 1. The van der Waals surface area contributed by atoms with E-state index in [0.717, 1.165) is 180 Å². The van der Waals surface area contributed by atoms with Crippen LogP contribution in [-0.2, 0) is 99.9 Å². The predicted molar refractivity (Wildman–Crippen MR) is 590 cm³/mol. The Bertz CT molecular complexity index is 7930. The van der Waals surface area contributed by atoms with Crippen LogP contribution < -0.4 is 0 Å². The molecule has 0 atom stereocenters. The largest absolute Gasteiger partial charge is 0.337 e. The van der Waals surface area contributed by atoms with Crippen LogP contribution in [0.4, 0.5) is 0 Å². The summed E-state index contributed by atoms with van der Waals surface area (Å²) in [7, 11) is 1.34. The van der Waals surface area contributed by atoms with Crippen molar-refractivity contribution in [2.45, 2.75) is 12.8 Å². The van der Waals surface area contributed by atoms with Gasteiger partial charge in [-0.25, -0.2) is 41.1 Å². The number of nitrogens with one attached hydrogen (secondary N) is 1. The number of hydrogen-bond donors (Lipinski definition) is 1. The Morgan fingerprint density at radius 3 is 1.44 bits per heavy atom. The van der Waals surface area contributed by atoms with Crippen molar-refractivity contribution in [3.8, 4) is 123 Å². The van der Waals surface area contributed by atoms with Crippen LogP contribution in [0.1, 0.15) is 21.6 Å². The second-order valence-electron chi connectivity index (χ2n) is 30.7. The summed E-state index contributed by atoms with van der Waals surface area (Å²) in [6.45, 7) is 0. The second-order valence-corrected chi connectivity index (χ2v) is 32.9. The van der Waals surface area contributed by atoms with E-state index in [1.165, 1.54) is 37.9 Å². The van der Waals surface area contributed by atoms with Gasteiger partial charge in [0.25, 0.3) is 0 Å². The summed E-state index contributed by atoms with van der Waals surface area (Å²) in [5.41, 5.74) is 25.9. The summed E-state index contributed by atoms with van der Waals surface area (Å²) >= 11 is 25.3. The standard InChI is InChI=1S/C26H15N2S2.C24H15N2.C22H13N2O3.C22H15N2.C20H14N3.BrH.4HI.5Pt/c1-3-13-23-17(7-1)15-25(29-23)21-11-5-9-19(27-21)20-10-6-12-22(28-20)26-16-18-8-2-4-14-24(18)30-26;1-3-7-17(8-4-1)21-15-13-19-11-12-20-14-16-22(18-9-5-2-6-10-18)26-24(20)23(19)25-21;1-26-22(25)17-11-9-14-7-6-13-8-10-16(23-20(13)21(14)24-17)19-12-15-4-2-3-5-18(15)27-19;1-3-9-17(10-4-1)19-13-7-15-21(23-19)22-16-8-14-20(24-22)18-11-5-2-6-12-18;1-2-6-15-13(5-1)9-10-14-11-12-18(21-19(14)15)20-22-16-7-3-4-8-17(16)23-20;;;;;;;;;;/h1-15H;1-9,11-16H;2-11H,1H3;1-11,13-16H;1-5,7-8,11-12H,9-10H2,(H,22,23);5*1H;;;;;/q5*-1;;;;;;5*+2/p-5. The van der Waals surface area contributed by atoms with Crippen LogP contribution in [0, 0.1) is 30.3 Å². The molecule has 0 amide bonds. The van der Waals surface area contributed by atoms with Crippen molar-refractivity contribution in [3.05, 3.63) is 435 Å². The van der Waals surface area contributed by atoms with Crippen LogP contribution in [0.3, 0.4) is 0 Å². The molecule has 0 spiro atoms. The molecule has 1 aliphatic rings. The average molecular weight is 3270 g/mol. The first-order chi connectivity index (χ1) is 69.2. The Kier molecular flexibility index (Phi) is 38.1. The summed E-state index contributed by atoms with van der Waals surface area (Å²) in [5.74, 6) is 0.909. The van der Waals surface area contributed by atoms with Crippen LogP contribution in [-0.4, -0.2) is 67.9 Å². The molecule has 0 fully saturated rings. The molecule has 13 aromatic heterocycles. The molecule has 1 aliphatic carbocycles. The van der Waals surface area contributed by atoms with Crippen molar-refractivity contribution < 1.29 is 96.2 Å². The minimum Gasteiger partial charge on any atom is -0.337 e. The molecule has 0 aliphatic heterocycles. The van der Waals surface area contributed by atoms with Crippen LogP contribution >= 0.6 is 113 Å². The van der Waals surface area contributed by atoms with Gasteiger partial charge in [0.15, 0.2) is 5.82 Å². The molecule has 0 unspecified atom stereocenters. The number of aromatic amines is 1. The SMILES string of the molecule is COC(=O)c1ccc2ccc3ccc(-c4[c-]c5ccccc5o4)nc3c2n1.[Br][Pt+].[I][Pt+].[I][Pt+].[I][Pt+].[I][Pt+].[c-]1c(-c2cccc(-c3cccc(-c4cc5ccccc5s4)n3)n2)sc2ccccc12.[c-]1cccc2c1-c1nc(-c3nc4ccccc4[nH]3)ccc1CC2.[c-]1ccccc1-c1ccc2ccc3ccc(-c4ccccc4)nc3c2n1.[c-]1ccccc1-c1cccc(-c2cccc(-c3ccccc3)n2)n1. The maximum absolute atomic E-state index is 11.9. The third kappa shape index (κ3) is 25.1. The molecule has 0 saturated carbocycles. The van der Waals surface area contributed by atoms with E-state index in [1.807, 2.05) is 266 Å². The predicted octanol–water partition coefficient (Wildman–Crippen LogP) is 32.3. The van der Waals surface area contributed by atoms with E-state index in [2.05, 4.69) is 334 Å². The van der Waals surface area contributed by atoms with Gasteiger partial charge in [0, 0.05) is 54.3 Å². The molecule has 140 heavy (non-hydrogen) atoms. The Balaban J connectivity index is 0.000000124. The van der Waals surface area contributed by atoms with E-state index < -0.39 is 5.97 Å². The summed E-state index contributed by atoms with van der Waals surface area (Å²) in [6, 6.07) is 146. The van der Waals surface area contributed by atoms with Crippen molar-refractivity contribution in [1.82, 2.24) is 54.8 Å². The first-order valence-electron chi connectivity index (χ1n) is 43.0. The van der Waals surface area contributed by atoms with E-state index in [1.54, 1.807) is 28.7 Å². The number of para-hydroxylation sites is 3. The van der Waals surface area contributed by atoms with Gasteiger partial charge in [0.05, 0.1) is 96.4 Å². The summed E-state index contributed by atoms with van der Waals surface area (Å²) < 4.78 is 13.2. The fraction of sp³-hybridized carbons (Fsp3) is 0.0263. The van der Waals surface area contributed by atoms with Crippen molar-refractivity contribution >= 4 is 205 Å². The van der Waals surface area contributed by atoms with Gasteiger partial charge in [-0.2, -0.15) is 0 Å². The number of H-pyrrole nitrogens is 1. The smallest absolute Gasteiger partial charge is 0.156 e. The Morgan fingerprint density at radius 1 is 0.357 bits per heavy atom. The van der Waals surface area contributed by atoms with Gasteiger partial charge in [0.1, 0.15) is 5.69 Å². The number of pyridine rings is 9. The Labute approximate surface area is 922 Å². The number of carbonyl (C=O) groups excluding carboxylic acids is 1. The quantitative estimate of drug-likeness (QED) is 0.0559. The summed E-state index contributed by atoms with van der Waals surface area (Å²) in [4.78, 5) is 65.4. The van der Waals surface area contributed by atoms with Crippen molar-refractivity contribution in [2.75, 3.05) is 7.11 Å². The molecule has 0 saturated heterocycles. The number of methoxy groups -OCH3 is 1. The normalized spacial score (nSPS) is 10.8. The van der Waals surface area contributed by atoms with Crippen LogP contribution in [0.2, 0.25) is 0 Å². The number of rotatable bonds is 11. The molecule has 698 valence electrons. The maximum atomic E-state index is 11.9. The van der Waals surface area contributed by atoms with Crippen molar-refractivity contribution in [1.29, 1.82) is 0 Å². The monoisotopic (exact) mass is 3270 g/mol. The molecule has 0 radical (unpaired) electrons. The van der Waals surface area contributed by atoms with E-state index in [-0.39, 0.29) is 5.69 Å². The third-order valence-electron chi connectivity index (χ3n) is 22.4. The van der Waals surface area contributed by atoms with E-state index >= 15 is 0 Å². The van der Waals surface area contributed by atoms with Gasteiger partial charge in [-0.05, 0) is 117 Å². The Hall–Kier alpha value is -9.95. The molecule has 26 heteroatoms. The number of fused-ring (bicyclic) bond motifs is 13. The van der Waals surface area contributed by atoms with E-state index in [0.29, 0.717) is 22.5 Å². The molecule has 24 aromatic rings. The molecule has 0 bridgehead atoms. The number of benzene rings is 11. The van der Waals surface area contributed by atoms with Gasteiger partial charge in [-0.3, -0.25) is 24.9 Å². The maximum Gasteiger partial charge on any atom is 0.156 e.